The Balaban J connectivity index is 1.61. The Labute approximate surface area is 227 Å². The first-order valence-corrected chi connectivity index (χ1v) is 14.0. The van der Waals surface area contributed by atoms with Gasteiger partial charge in [0, 0.05) is 53.1 Å². The Morgan fingerprint density at radius 2 is 1.86 bits per heavy atom. The SMILES string of the molecule is CC=NC(=Nc1nc(Sc2ccccc2)nc(N2CCN(C)CC2)n1)SCc1ccc(C=O)c(Br)c1. The van der Waals surface area contributed by atoms with Gasteiger partial charge in [-0.05, 0) is 49.5 Å². The molecule has 8 nitrogen and oxygen atoms in total. The van der Waals surface area contributed by atoms with Gasteiger partial charge in [-0.1, -0.05) is 58.0 Å². The molecular weight excluding hydrogens is 558 g/mol. The third-order valence-electron chi connectivity index (χ3n) is 5.32. The molecule has 0 saturated carbocycles. The molecule has 2 aromatic carbocycles. The number of piperazine rings is 1. The lowest BCUT2D eigenvalue weighted by Crippen LogP contribution is -2.45. The van der Waals surface area contributed by atoms with E-state index in [1.54, 1.807) is 12.3 Å². The van der Waals surface area contributed by atoms with Crippen molar-refractivity contribution < 1.29 is 4.79 Å². The third kappa shape index (κ3) is 7.45. The number of rotatable bonds is 7. The average molecular weight is 585 g/mol. The number of thioether (sulfide) groups is 1. The maximum Gasteiger partial charge on any atom is 0.257 e. The number of carbonyl (C=O) groups is 1. The summed E-state index contributed by atoms with van der Waals surface area (Å²) in [6.45, 7) is 5.44. The van der Waals surface area contributed by atoms with Crippen LogP contribution in [0.2, 0.25) is 0 Å². The van der Waals surface area contributed by atoms with Crippen LogP contribution < -0.4 is 4.90 Å². The summed E-state index contributed by atoms with van der Waals surface area (Å²) in [6.07, 6.45) is 2.54. The topological polar surface area (TPSA) is 86.9 Å². The normalized spacial score (nSPS) is 15.0. The molecule has 1 saturated heterocycles. The summed E-state index contributed by atoms with van der Waals surface area (Å²) < 4.78 is 0.768. The van der Waals surface area contributed by atoms with Gasteiger partial charge < -0.3 is 9.80 Å². The molecule has 1 fully saturated rings. The Morgan fingerprint density at radius 3 is 2.56 bits per heavy atom. The highest BCUT2D eigenvalue weighted by Crippen LogP contribution is 2.28. The van der Waals surface area contributed by atoms with Gasteiger partial charge in [-0.3, -0.25) is 4.79 Å². The third-order valence-corrected chi connectivity index (χ3v) is 7.82. The van der Waals surface area contributed by atoms with Gasteiger partial charge in [-0.25, -0.2) is 4.99 Å². The average Bonchev–Trinajstić information content (AvgIpc) is 2.88. The van der Waals surface area contributed by atoms with Crippen molar-refractivity contribution in [1.29, 1.82) is 0 Å². The molecule has 2 heterocycles. The van der Waals surface area contributed by atoms with E-state index in [0.717, 1.165) is 47.4 Å². The van der Waals surface area contributed by atoms with E-state index >= 15 is 0 Å². The lowest BCUT2D eigenvalue weighted by molar-refractivity contribution is 0.112. The van der Waals surface area contributed by atoms with Crippen LogP contribution in [-0.4, -0.2) is 70.7 Å². The van der Waals surface area contributed by atoms with E-state index in [-0.39, 0.29) is 0 Å². The predicted molar refractivity (Wildman–Crippen MR) is 152 cm³/mol. The molecule has 36 heavy (non-hydrogen) atoms. The van der Waals surface area contributed by atoms with Crippen LogP contribution in [0.25, 0.3) is 0 Å². The Bertz CT molecular complexity index is 1250. The Morgan fingerprint density at radius 1 is 1.08 bits per heavy atom. The second-order valence-corrected chi connectivity index (χ2v) is 10.8. The number of amidine groups is 1. The summed E-state index contributed by atoms with van der Waals surface area (Å²) in [6, 6.07) is 15.7. The largest absolute Gasteiger partial charge is 0.338 e. The molecule has 186 valence electrons. The fourth-order valence-electron chi connectivity index (χ4n) is 3.37. The number of benzene rings is 2. The number of aldehydes is 1. The molecule has 0 bridgehead atoms. The Kier molecular flexibility index (Phi) is 9.62. The van der Waals surface area contributed by atoms with Gasteiger partial charge >= 0.3 is 0 Å². The van der Waals surface area contributed by atoms with E-state index in [0.29, 0.717) is 33.5 Å². The van der Waals surface area contributed by atoms with Crippen LogP contribution >= 0.6 is 39.5 Å². The van der Waals surface area contributed by atoms with E-state index in [2.05, 4.69) is 47.7 Å². The van der Waals surface area contributed by atoms with Crippen molar-refractivity contribution in [3.8, 4) is 0 Å². The number of hydrogen-bond acceptors (Lipinski definition) is 9. The molecule has 1 aliphatic rings. The van der Waals surface area contributed by atoms with Crippen molar-refractivity contribution in [2.24, 2.45) is 9.98 Å². The molecule has 0 unspecified atom stereocenters. The smallest absolute Gasteiger partial charge is 0.257 e. The molecule has 1 aliphatic heterocycles. The maximum atomic E-state index is 11.1. The number of anilines is 1. The van der Waals surface area contributed by atoms with Gasteiger partial charge in [0.05, 0.1) is 0 Å². The quantitative estimate of drug-likeness (QED) is 0.209. The van der Waals surface area contributed by atoms with Gasteiger partial charge in [0.2, 0.25) is 5.95 Å². The minimum Gasteiger partial charge on any atom is -0.338 e. The van der Waals surface area contributed by atoms with Crippen molar-refractivity contribution in [3.05, 3.63) is 64.1 Å². The second-order valence-electron chi connectivity index (χ2n) is 7.97. The summed E-state index contributed by atoms with van der Waals surface area (Å²) in [5.41, 5.74) is 1.67. The lowest BCUT2D eigenvalue weighted by atomic mass is 10.2. The standard InChI is InChI=1S/C25H26BrN7OS2/c1-3-27-24(35-17-18-9-10-19(16-34)21(26)15-18)29-22-28-23(33-13-11-32(2)12-14-33)31-25(30-22)36-20-7-5-4-6-8-20/h3-10,15-16H,11-14,17H2,1-2H3. The highest BCUT2D eigenvalue weighted by molar-refractivity contribution is 9.10. The van der Waals surface area contributed by atoms with Crippen LogP contribution in [0.4, 0.5) is 11.9 Å². The first kappa shape index (κ1) is 26.5. The van der Waals surface area contributed by atoms with Crippen LogP contribution in [0.15, 0.2) is 73.0 Å². The van der Waals surface area contributed by atoms with Gasteiger partial charge in [0.15, 0.2) is 16.6 Å². The maximum absolute atomic E-state index is 11.1. The number of hydrogen-bond donors (Lipinski definition) is 0. The molecule has 0 spiro atoms. The number of aromatic nitrogens is 3. The summed E-state index contributed by atoms with van der Waals surface area (Å²) in [7, 11) is 2.12. The molecule has 1 aromatic heterocycles. The van der Waals surface area contributed by atoms with Crippen LogP contribution in [0.1, 0.15) is 22.8 Å². The lowest BCUT2D eigenvalue weighted by Gasteiger charge is -2.32. The van der Waals surface area contributed by atoms with Crippen LogP contribution in [-0.2, 0) is 5.75 Å². The molecule has 11 heteroatoms. The van der Waals surface area contributed by atoms with Crippen molar-refractivity contribution in [2.75, 3.05) is 38.1 Å². The van der Waals surface area contributed by atoms with E-state index in [1.807, 2.05) is 49.4 Å². The number of nitrogens with zero attached hydrogens (tertiary/aromatic N) is 7. The number of carbonyl (C=O) groups excluding carboxylic acids is 1. The molecule has 0 amide bonds. The van der Waals surface area contributed by atoms with Crippen molar-refractivity contribution >= 4 is 69.0 Å². The summed E-state index contributed by atoms with van der Waals surface area (Å²) in [5.74, 6) is 1.60. The molecular formula is C25H26BrN7OS2. The molecule has 4 rings (SSSR count). The first-order chi connectivity index (χ1) is 17.5. The molecule has 0 N–H and O–H groups in total. The second kappa shape index (κ2) is 13.1. The predicted octanol–water partition coefficient (Wildman–Crippen LogP) is 5.36. The fraction of sp³-hybridized carbons (Fsp3) is 0.280. The molecule has 0 atom stereocenters. The summed E-state index contributed by atoms with van der Waals surface area (Å²) in [4.78, 5) is 39.8. The van der Waals surface area contributed by atoms with E-state index in [9.17, 15) is 4.79 Å². The zero-order valence-corrected chi connectivity index (χ0v) is 23.3. The van der Waals surface area contributed by atoms with Crippen LogP contribution in [0.3, 0.4) is 0 Å². The van der Waals surface area contributed by atoms with E-state index in [4.69, 9.17) is 9.98 Å². The summed E-state index contributed by atoms with van der Waals surface area (Å²) in [5, 5.41) is 1.15. The molecule has 0 radical (unpaired) electrons. The Hall–Kier alpha value is -2.60. The summed E-state index contributed by atoms with van der Waals surface area (Å²) >= 11 is 6.42. The van der Waals surface area contributed by atoms with Crippen molar-refractivity contribution in [2.45, 2.75) is 22.7 Å². The zero-order valence-electron chi connectivity index (χ0n) is 20.0. The first-order valence-electron chi connectivity index (χ1n) is 11.4. The minimum absolute atomic E-state index is 0.336. The van der Waals surface area contributed by atoms with Gasteiger partial charge in [-0.15, -0.1) is 0 Å². The van der Waals surface area contributed by atoms with Gasteiger partial charge in [-0.2, -0.15) is 19.9 Å². The molecule has 3 aromatic rings. The van der Waals surface area contributed by atoms with Crippen molar-refractivity contribution in [1.82, 2.24) is 19.9 Å². The van der Waals surface area contributed by atoms with Crippen LogP contribution in [0, 0.1) is 0 Å². The van der Waals surface area contributed by atoms with E-state index < -0.39 is 0 Å². The minimum atomic E-state index is 0.336. The highest BCUT2D eigenvalue weighted by Gasteiger charge is 2.19. The zero-order chi connectivity index (χ0) is 25.3. The molecule has 0 aliphatic carbocycles. The van der Waals surface area contributed by atoms with Crippen LogP contribution in [0.5, 0.6) is 0 Å². The monoisotopic (exact) mass is 583 g/mol. The highest BCUT2D eigenvalue weighted by atomic mass is 79.9. The number of aliphatic imine (C=N–C) groups is 2. The van der Waals surface area contributed by atoms with Gasteiger partial charge in [0.1, 0.15) is 0 Å². The number of halogens is 1. The van der Waals surface area contributed by atoms with Gasteiger partial charge in [0.25, 0.3) is 5.95 Å². The number of likely N-dealkylation sites (N-methyl/N-ethyl adjacent to an activating group) is 1. The fourth-order valence-corrected chi connectivity index (χ4v) is 5.45. The van der Waals surface area contributed by atoms with Crippen molar-refractivity contribution in [3.63, 3.8) is 0 Å². The van der Waals surface area contributed by atoms with E-state index in [1.165, 1.54) is 23.5 Å².